The molecule has 0 unspecified atom stereocenters. The average molecular weight is 348 g/mol. The Balaban J connectivity index is 1.57. The van der Waals surface area contributed by atoms with Gasteiger partial charge in [-0.25, -0.2) is 4.68 Å². The highest BCUT2D eigenvalue weighted by Gasteiger charge is 2.39. The summed E-state index contributed by atoms with van der Waals surface area (Å²) in [4.78, 5) is 39.5. The summed E-state index contributed by atoms with van der Waals surface area (Å²) < 4.78 is 1.18. The zero-order chi connectivity index (χ0) is 16.7. The van der Waals surface area contributed by atoms with Crippen LogP contribution in [0.15, 0.2) is 15.9 Å². The first-order valence-corrected chi connectivity index (χ1v) is 9.46. The molecule has 2 saturated carbocycles. The van der Waals surface area contributed by atoms with E-state index in [4.69, 9.17) is 0 Å². The van der Waals surface area contributed by atoms with Crippen LogP contribution >= 0.6 is 11.8 Å². The van der Waals surface area contributed by atoms with Gasteiger partial charge in [-0.3, -0.25) is 14.4 Å². The lowest BCUT2D eigenvalue weighted by molar-refractivity contribution is -0.122. The van der Waals surface area contributed by atoms with Crippen LogP contribution in [0.3, 0.4) is 0 Å². The molecule has 0 aromatic carbocycles. The first kappa shape index (κ1) is 15.7. The molecule has 0 saturated heterocycles. The molecule has 8 heteroatoms. The number of carbonyl (C=O) groups is 2. The fourth-order valence-electron chi connectivity index (χ4n) is 3.44. The van der Waals surface area contributed by atoms with Crippen LogP contribution in [-0.2, 0) is 16.1 Å². The molecule has 1 aromatic rings. The molecule has 0 bridgehead atoms. The molecule has 1 aliphatic heterocycles. The van der Waals surface area contributed by atoms with E-state index in [1.54, 1.807) is 11.1 Å². The van der Waals surface area contributed by atoms with E-state index in [9.17, 15) is 14.4 Å². The number of nitrogens with zero attached hydrogens (tertiary/aromatic N) is 3. The van der Waals surface area contributed by atoms with Crippen molar-refractivity contribution in [2.24, 2.45) is 0 Å². The molecule has 2 aliphatic carbocycles. The molecule has 1 N–H and O–H groups in total. The van der Waals surface area contributed by atoms with E-state index in [0.29, 0.717) is 11.4 Å². The van der Waals surface area contributed by atoms with E-state index in [0.717, 1.165) is 43.4 Å². The molecule has 128 valence electrons. The van der Waals surface area contributed by atoms with Crippen molar-refractivity contribution in [1.82, 2.24) is 15.1 Å². The van der Waals surface area contributed by atoms with Crippen molar-refractivity contribution in [3.8, 4) is 0 Å². The van der Waals surface area contributed by atoms with Gasteiger partial charge in [-0.2, -0.15) is 5.10 Å². The Morgan fingerprint density at radius 2 is 2.00 bits per heavy atom. The molecule has 0 atom stereocenters. The smallest absolute Gasteiger partial charge is 0.292 e. The van der Waals surface area contributed by atoms with E-state index in [-0.39, 0.29) is 36.0 Å². The van der Waals surface area contributed by atoms with Crippen LogP contribution < -0.4 is 15.8 Å². The number of nitrogens with one attached hydrogen (secondary N) is 1. The molecule has 7 nitrogen and oxygen atoms in total. The maximum Gasteiger partial charge on any atom is 0.292 e. The second-order valence-corrected chi connectivity index (χ2v) is 7.67. The summed E-state index contributed by atoms with van der Waals surface area (Å²) in [7, 11) is 0. The summed E-state index contributed by atoms with van der Waals surface area (Å²) in [6.45, 7) is -0.0972. The summed E-state index contributed by atoms with van der Waals surface area (Å²) in [6, 6.07) is 0.346. The van der Waals surface area contributed by atoms with Gasteiger partial charge in [0.05, 0.1) is 16.8 Å². The Labute approximate surface area is 143 Å². The van der Waals surface area contributed by atoms with Gasteiger partial charge in [0.1, 0.15) is 12.2 Å². The zero-order valence-electron chi connectivity index (χ0n) is 13.4. The van der Waals surface area contributed by atoms with Crippen molar-refractivity contribution in [2.45, 2.75) is 62.0 Å². The van der Waals surface area contributed by atoms with Gasteiger partial charge < -0.3 is 10.2 Å². The third-order valence-electron chi connectivity index (χ3n) is 4.77. The SMILES string of the molecule is O=C(Cn1ncc2c(c1=O)N(C1CC1)C(=O)CS2)NC1CCCC1. The number of hydrogen-bond donors (Lipinski definition) is 1. The first-order valence-electron chi connectivity index (χ1n) is 8.48. The van der Waals surface area contributed by atoms with Gasteiger partial charge in [0.15, 0.2) is 0 Å². The molecular formula is C16H20N4O3S. The Morgan fingerprint density at radius 1 is 1.25 bits per heavy atom. The van der Waals surface area contributed by atoms with Crippen LogP contribution in [0.2, 0.25) is 0 Å². The first-order chi connectivity index (χ1) is 11.6. The van der Waals surface area contributed by atoms with Gasteiger partial charge in [-0.15, -0.1) is 11.8 Å². The number of rotatable bonds is 4. The quantitative estimate of drug-likeness (QED) is 0.874. The summed E-state index contributed by atoms with van der Waals surface area (Å²) in [6.07, 6.45) is 7.73. The Kier molecular flexibility index (Phi) is 4.07. The topological polar surface area (TPSA) is 84.3 Å². The minimum atomic E-state index is -0.346. The van der Waals surface area contributed by atoms with Crippen LogP contribution in [0.25, 0.3) is 0 Å². The third-order valence-corrected chi connectivity index (χ3v) is 5.77. The van der Waals surface area contributed by atoms with Crippen molar-refractivity contribution in [1.29, 1.82) is 0 Å². The molecule has 3 aliphatic rings. The molecule has 2 fully saturated rings. The van der Waals surface area contributed by atoms with Gasteiger partial charge in [0.2, 0.25) is 11.8 Å². The van der Waals surface area contributed by atoms with E-state index >= 15 is 0 Å². The molecular weight excluding hydrogens is 328 g/mol. The number of fused-ring (bicyclic) bond motifs is 1. The largest absolute Gasteiger partial charge is 0.352 e. The van der Waals surface area contributed by atoms with Gasteiger partial charge in [-0.05, 0) is 25.7 Å². The van der Waals surface area contributed by atoms with E-state index in [2.05, 4.69) is 10.4 Å². The lowest BCUT2D eigenvalue weighted by Crippen LogP contribution is -2.44. The minimum absolute atomic E-state index is 0.0275. The predicted molar refractivity (Wildman–Crippen MR) is 90.1 cm³/mol. The van der Waals surface area contributed by atoms with Crippen LogP contribution in [0.1, 0.15) is 38.5 Å². The van der Waals surface area contributed by atoms with Crippen molar-refractivity contribution < 1.29 is 9.59 Å². The van der Waals surface area contributed by atoms with Gasteiger partial charge in [0, 0.05) is 12.1 Å². The third kappa shape index (κ3) is 2.94. The summed E-state index contributed by atoms with van der Waals surface area (Å²) in [5.74, 6) is 0.126. The minimum Gasteiger partial charge on any atom is -0.352 e. The summed E-state index contributed by atoms with van der Waals surface area (Å²) in [5.41, 5.74) is 0.0592. The molecule has 4 rings (SSSR count). The average Bonchev–Trinajstić information content (AvgIpc) is 3.27. The normalized spacial score (nSPS) is 21.0. The van der Waals surface area contributed by atoms with Crippen LogP contribution in [-0.4, -0.2) is 39.4 Å². The van der Waals surface area contributed by atoms with Gasteiger partial charge in [-0.1, -0.05) is 12.8 Å². The second-order valence-electron chi connectivity index (χ2n) is 6.65. The molecule has 24 heavy (non-hydrogen) atoms. The Hall–Kier alpha value is -1.83. The highest BCUT2D eigenvalue weighted by atomic mass is 32.2. The standard InChI is InChI=1S/C16H20N4O3S/c21-13(18-10-3-1-2-4-10)8-19-16(23)15-12(7-17-19)24-9-14(22)20(15)11-5-6-11/h7,10-11H,1-6,8-9H2,(H,18,21). The Bertz CT molecular complexity index is 737. The lowest BCUT2D eigenvalue weighted by atomic mass is 10.2. The maximum absolute atomic E-state index is 12.8. The van der Waals surface area contributed by atoms with Crippen molar-refractivity contribution in [3.63, 3.8) is 0 Å². The number of aromatic nitrogens is 2. The molecule has 1 aromatic heterocycles. The number of amides is 2. The molecule has 0 spiro atoms. The monoisotopic (exact) mass is 348 g/mol. The molecule has 2 amide bonds. The maximum atomic E-state index is 12.8. The molecule has 2 heterocycles. The van der Waals surface area contributed by atoms with Crippen molar-refractivity contribution in [2.75, 3.05) is 10.7 Å². The van der Waals surface area contributed by atoms with Crippen molar-refractivity contribution in [3.05, 3.63) is 16.6 Å². The summed E-state index contributed by atoms with van der Waals surface area (Å²) >= 11 is 1.35. The van der Waals surface area contributed by atoms with Crippen LogP contribution in [0.5, 0.6) is 0 Å². The highest BCUT2D eigenvalue weighted by molar-refractivity contribution is 8.00. The van der Waals surface area contributed by atoms with E-state index < -0.39 is 0 Å². The van der Waals surface area contributed by atoms with Crippen LogP contribution in [0, 0.1) is 0 Å². The van der Waals surface area contributed by atoms with Gasteiger partial charge >= 0.3 is 0 Å². The number of thioether (sulfide) groups is 1. The number of carbonyl (C=O) groups excluding carboxylic acids is 2. The fraction of sp³-hybridized carbons (Fsp3) is 0.625. The predicted octanol–water partition coefficient (Wildman–Crippen LogP) is 0.903. The van der Waals surface area contributed by atoms with Gasteiger partial charge in [0.25, 0.3) is 5.56 Å². The highest BCUT2D eigenvalue weighted by Crippen LogP contribution is 2.38. The van der Waals surface area contributed by atoms with E-state index in [1.165, 1.54) is 16.4 Å². The fourth-order valence-corrected chi connectivity index (χ4v) is 4.30. The summed E-state index contributed by atoms with van der Waals surface area (Å²) in [5, 5.41) is 7.10. The van der Waals surface area contributed by atoms with Crippen molar-refractivity contribution >= 4 is 29.3 Å². The lowest BCUT2D eigenvalue weighted by Gasteiger charge is -2.28. The number of hydrogen-bond acceptors (Lipinski definition) is 5. The number of anilines is 1. The Morgan fingerprint density at radius 3 is 2.71 bits per heavy atom. The second kappa shape index (κ2) is 6.23. The molecule has 0 radical (unpaired) electrons. The van der Waals surface area contributed by atoms with Crippen LogP contribution in [0.4, 0.5) is 5.69 Å². The zero-order valence-corrected chi connectivity index (χ0v) is 14.2. The van der Waals surface area contributed by atoms with E-state index in [1.807, 2.05) is 0 Å².